The maximum atomic E-state index is 10.6. The van der Waals surface area contributed by atoms with Gasteiger partial charge in [-0.3, -0.25) is 4.79 Å². The molecule has 19 heavy (non-hydrogen) atoms. The van der Waals surface area contributed by atoms with Gasteiger partial charge in [0.2, 0.25) is 0 Å². The van der Waals surface area contributed by atoms with Crippen LogP contribution in [-0.2, 0) is 17.8 Å². The molecule has 0 saturated carbocycles. The highest BCUT2D eigenvalue weighted by atomic mass is 79.9. The monoisotopic (exact) mass is 323 g/mol. The van der Waals surface area contributed by atoms with Crippen LogP contribution in [0.5, 0.6) is 0 Å². The van der Waals surface area contributed by atoms with E-state index in [1.54, 1.807) is 0 Å². The van der Waals surface area contributed by atoms with Crippen molar-refractivity contribution in [2.24, 2.45) is 0 Å². The summed E-state index contributed by atoms with van der Waals surface area (Å²) in [4.78, 5) is 10.6. The molecule has 0 radical (unpaired) electrons. The first-order valence-corrected chi connectivity index (χ1v) is 7.69. The molecule has 1 N–H and O–H groups in total. The Labute approximate surface area is 121 Å². The number of aromatic nitrogens is 1. The van der Waals surface area contributed by atoms with Gasteiger partial charge in [-0.05, 0) is 30.9 Å². The van der Waals surface area contributed by atoms with Crippen molar-refractivity contribution in [3.05, 3.63) is 36.0 Å². The SMILES string of the molecule is O=C(O)CCCc1cn(CCCBr)c2ccccc12. The molecule has 0 unspecified atom stereocenters. The van der Waals surface area contributed by atoms with Crippen molar-refractivity contribution in [2.75, 3.05) is 5.33 Å². The van der Waals surface area contributed by atoms with Crippen molar-refractivity contribution in [1.29, 1.82) is 0 Å². The van der Waals surface area contributed by atoms with E-state index in [0.29, 0.717) is 6.42 Å². The third-order valence-corrected chi connectivity index (χ3v) is 3.80. The van der Waals surface area contributed by atoms with Crippen LogP contribution in [0.15, 0.2) is 30.5 Å². The van der Waals surface area contributed by atoms with E-state index < -0.39 is 5.97 Å². The third kappa shape index (κ3) is 3.60. The number of hydrogen-bond acceptors (Lipinski definition) is 1. The second-order valence-electron chi connectivity index (χ2n) is 4.65. The molecule has 0 fully saturated rings. The molecule has 0 bridgehead atoms. The average Bonchev–Trinajstić information content (AvgIpc) is 2.75. The van der Waals surface area contributed by atoms with E-state index in [9.17, 15) is 4.79 Å². The molecule has 1 aromatic carbocycles. The summed E-state index contributed by atoms with van der Waals surface area (Å²) in [6.45, 7) is 0.991. The average molecular weight is 324 g/mol. The molecule has 0 aliphatic carbocycles. The molecule has 2 rings (SSSR count). The lowest BCUT2D eigenvalue weighted by Gasteiger charge is -2.02. The van der Waals surface area contributed by atoms with Crippen molar-refractivity contribution >= 4 is 32.8 Å². The fourth-order valence-electron chi connectivity index (χ4n) is 2.37. The first kappa shape index (κ1) is 14.1. The fourth-order valence-corrected chi connectivity index (χ4v) is 2.62. The molecule has 0 saturated heterocycles. The molecular weight excluding hydrogens is 306 g/mol. The molecule has 0 atom stereocenters. The highest BCUT2D eigenvalue weighted by molar-refractivity contribution is 9.09. The zero-order valence-corrected chi connectivity index (χ0v) is 12.4. The summed E-state index contributed by atoms with van der Waals surface area (Å²) in [7, 11) is 0. The highest BCUT2D eigenvalue weighted by Crippen LogP contribution is 2.23. The van der Waals surface area contributed by atoms with Crippen molar-refractivity contribution in [3.8, 4) is 0 Å². The zero-order chi connectivity index (χ0) is 13.7. The minimum atomic E-state index is -0.719. The van der Waals surface area contributed by atoms with E-state index in [0.717, 1.165) is 24.7 Å². The van der Waals surface area contributed by atoms with Gasteiger partial charge < -0.3 is 9.67 Å². The quantitative estimate of drug-likeness (QED) is 0.787. The standard InChI is InChI=1S/C15H18BrNO2/c16-9-4-10-17-11-12(5-3-8-15(18)19)13-6-1-2-7-14(13)17/h1-2,6-7,11H,3-5,8-10H2,(H,18,19). The van der Waals surface area contributed by atoms with Crippen molar-refractivity contribution < 1.29 is 9.90 Å². The van der Waals surface area contributed by atoms with Crippen molar-refractivity contribution in [2.45, 2.75) is 32.2 Å². The Morgan fingerprint density at radius 2 is 2.05 bits per heavy atom. The molecular formula is C15H18BrNO2. The molecule has 0 aliphatic heterocycles. The Bertz CT molecular complexity index is 562. The first-order valence-electron chi connectivity index (χ1n) is 6.57. The second kappa shape index (κ2) is 6.75. The number of rotatable bonds is 7. The van der Waals surface area contributed by atoms with Crippen LogP contribution in [0.1, 0.15) is 24.8 Å². The van der Waals surface area contributed by atoms with E-state index in [1.165, 1.54) is 16.5 Å². The number of nitrogens with zero attached hydrogens (tertiary/aromatic N) is 1. The van der Waals surface area contributed by atoms with Gasteiger partial charge in [0.15, 0.2) is 0 Å². The third-order valence-electron chi connectivity index (χ3n) is 3.24. The summed E-state index contributed by atoms with van der Waals surface area (Å²) in [6, 6.07) is 8.34. The smallest absolute Gasteiger partial charge is 0.303 e. The lowest BCUT2D eigenvalue weighted by atomic mass is 10.1. The lowest BCUT2D eigenvalue weighted by molar-refractivity contribution is -0.137. The van der Waals surface area contributed by atoms with Gasteiger partial charge in [0, 0.05) is 35.4 Å². The van der Waals surface area contributed by atoms with Crippen molar-refractivity contribution in [1.82, 2.24) is 4.57 Å². The molecule has 1 heterocycles. The van der Waals surface area contributed by atoms with Gasteiger partial charge in [0.25, 0.3) is 0 Å². The van der Waals surface area contributed by atoms with Crippen LogP contribution in [0.4, 0.5) is 0 Å². The Morgan fingerprint density at radius 3 is 2.79 bits per heavy atom. The molecule has 4 heteroatoms. The van der Waals surface area contributed by atoms with E-state index in [4.69, 9.17) is 5.11 Å². The summed E-state index contributed by atoms with van der Waals surface area (Å²) >= 11 is 3.46. The first-order chi connectivity index (χ1) is 9.22. The van der Waals surface area contributed by atoms with Gasteiger partial charge in [-0.1, -0.05) is 34.1 Å². The van der Waals surface area contributed by atoms with Crippen LogP contribution in [0.25, 0.3) is 10.9 Å². The Kier molecular flexibility index (Phi) is 5.02. The molecule has 0 aliphatic rings. The number of benzene rings is 1. The minimum Gasteiger partial charge on any atom is -0.481 e. The number of halogens is 1. The number of para-hydroxylation sites is 1. The summed E-state index contributed by atoms with van der Waals surface area (Å²) < 4.78 is 2.27. The van der Waals surface area contributed by atoms with Crippen LogP contribution in [0.3, 0.4) is 0 Å². The van der Waals surface area contributed by atoms with E-state index in [2.05, 4.69) is 38.8 Å². The number of carbonyl (C=O) groups is 1. The number of carboxylic acid groups (broad SMARTS) is 1. The van der Waals surface area contributed by atoms with E-state index >= 15 is 0 Å². The highest BCUT2D eigenvalue weighted by Gasteiger charge is 2.08. The normalized spacial score (nSPS) is 11.0. The van der Waals surface area contributed by atoms with E-state index in [-0.39, 0.29) is 6.42 Å². The van der Waals surface area contributed by atoms with Gasteiger partial charge in [-0.25, -0.2) is 0 Å². The number of carboxylic acids is 1. The molecule has 102 valence electrons. The number of alkyl halides is 1. The summed E-state index contributed by atoms with van der Waals surface area (Å²) in [5.74, 6) is -0.719. The summed E-state index contributed by atoms with van der Waals surface area (Å²) in [5.41, 5.74) is 2.50. The maximum absolute atomic E-state index is 10.6. The predicted molar refractivity (Wildman–Crippen MR) is 80.9 cm³/mol. The maximum Gasteiger partial charge on any atom is 0.303 e. The number of fused-ring (bicyclic) bond motifs is 1. The van der Waals surface area contributed by atoms with Crippen molar-refractivity contribution in [3.63, 3.8) is 0 Å². The Hall–Kier alpha value is -1.29. The predicted octanol–water partition coefficient (Wildman–Crippen LogP) is 3.83. The number of aryl methyl sites for hydroxylation is 2. The molecule has 0 amide bonds. The van der Waals surface area contributed by atoms with Crippen LogP contribution >= 0.6 is 15.9 Å². The Balaban J connectivity index is 2.20. The van der Waals surface area contributed by atoms with Crippen LogP contribution in [0, 0.1) is 0 Å². The molecule has 3 nitrogen and oxygen atoms in total. The fraction of sp³-hybridized carbons (Fsp3) is 0.400. The van der Waals surface area contributed by atoms with Gasteiger partial charge in [0.05, 0.1) is 0 Å². The zero-order valence-electron chi connectivity index (χ0n) is 10.8. The Morgan fingerprint density at radius 1 is 1.26 bits per heavy atom. The van der Waals surface area contributed by atoms with E-state index in [1.807, 2.05) is 12.1 Å². The van der Waals surface area contributed by atoms with Gasteiger partial charge in [-0.2, -0.15) is 0 Å². The second-order valence-corrected chi connectivity index (χ2v) is 5.45. The largest absolute Gasteiger partial charge is 0.481 e. The number of aliphatic carboxylic acids is 1. The van der Waals surface area contributed by atoms with Gasteiger partial charge >= 0.3 is 5.97 Å². The number of hydrogen-bond donors (Lipinski definition) is 1. The van der Waals surface area contributed by atoms with Gasteiger partial charge in [-0.15, -0.1) is 0 Å². The minimum absolute atomic E-state index is 0.237. The van der Waals surface area contributed by atoms with Crippen LogP contribution in [-0.4, -0.2) is 21.0 Å². The van der Waals surface area contributed by atoms with Crippen LogP contribution in [0.2, 0.25) is 0 Å². The topological polar surface area (TPSA) is 42.2 Å². The summed E-state index contributed by atoms with van der Waals surface area (Å²) in [6.07, 6.45) is 5.03. The van der Waals surface area contributed by atoms with Gasteiger partial charge in [0.1, 0.15) is 0 Å². The summed E-state index contributed by atoms with van der Waals surface area (Å²) in [5, 5.41) is 11.0. The van der Waals surface area contributed by atoms with Crippen LogP contribution < -0.4 is 0 Å². The molecule has 1 aromatic heterocycles. The lowest BCUT2D eigenvalue weighted by Crippen LogP contribution is -1.97. The molecule has 0 spiro atoms. The molecule has 2 aromatic rings.